The molecule has 8 nitrogen and oxygen atoms in total. The first kappa shape index (κ1) is 25.2. The van der Waals surface area contributed by atoms with Gasteiger partial charge in [0.25, 0.3) is 5.91 Å². The first-order chi connectivity index (χ1) is 18.3. The second-order valence-electron chi connectivity index (χ2n) is 8.81. The molecule has 38 heavy (non-hydrogen) atoms. The van der Waals surface area contributed by atoms with Crippen LogP contribution in [-0.4, -0.2) is 31.7 Å². The minimum absolute atomic E-state index is 0.134. The number of hydrogen-bond donors (Lipinski definition) is 3. The highest BCUT2D eigenvalue weighted by molar-refractivity contribution is 7.98. The second kappa shape index (κ2) is 10.5. The van der Waals surface area contributed by atoms with Crippen LogP contribution in [0.25, 0.3) is 0 Å². The number of nitrogens with zero attached hydrogens (tertiary/aromatic N) is 3. The van der Waals surface area contributed by atoms with Crippen molar-refractivity contribution in [2.75, 3.05) is 10.6 Å². The molecule has 0 spiro atoms. The van der Waals surface area contributed by atoms with E-state index in [1.807, 2.05) is 31.2 Å². The Balaban J connectivity index is 1.52. The lowest BCUT2D eigenvalue weighted by Gasteiger charge is -2.29. The number of benzene rings is 3. The van der Waals surface area contributed by atoms with E-state index in [1.54, 1.807) is 41.9 Å². The van der Waals surface area contributed by atoms with E-state index in [9.17, 15) is 19.1 Å². The Morgan fingerprint density at radius 2 is 1.76 bits per heavy atom. The number of allylic oxidation sites excluding steroid dienone is 1. The van der Waals surface area contributed by atoms with E-state index < -0.39 is 12.0 Å². The molecule has 1 atom stereocenters. The summed E-state index contributed by atoms with van der Waals surface area (Å²) in [5, 5.41) is 20.6. The molecule has 4 aromatic rings. The molecule has 1 aromatic heterocycles. The number of fused-ring (bicyclic) bond motifs is 1. The molecule has 2 heterocycles. The van der Waals surface area contributed by atoms with Gasteiger partial charge in [0.05, 0.1) is 11.1 Å². The van der Waals surface area contributed by atoms with Crippen LogP contribution in [0.5, 0.6) is 0 Å². The van der Waals surface area contributed by atoms with Crippen molar-refractivity contribution in [3.05, 3.63) is 112 Å². The molecule has 5 rings (SSSR count). The van der Waals surface area contributed by atoms with Crippen LogP contribution in [0, 0.1) is 12.7 Å². The Hall–Kier alpha value is -4.44. The maximum absolute atomic E-state index is 14.1. The molecule has 3 aromatic carbocycles. The lowest BCUT2D eigenvalue weighted by molar-refractivity contribution is -0.113. The highest BCUT2D eigenvalue weighted by Crippen LogP contribution is 2.37. The summed E-state index contributed by atoms with van der Waals surface area (Å²) >= 11 is 1.28. The third-order valence-electron chi connectivity index (χ3n) is 6.26. The summed E-state index contributed by atoms with van der Waals surface area (Å²) in [5.41, 5.74) is 3.94. The normalized spacial score (nSPS) is 14.6. The smallest absolute Gasteiger partial charge is 0.335 e. The molecule has 0 saturated heterocycles. The number of carboxylic acids is 1. The van der Waals surface area contributed by atoms with Gasteiger partial charge in [-0.05, 0) is 54.8 Å². The lowest BCUT2D eigenvalue weighted by Crippen LogP contribution is -2.31. The van der Waals surface area contributed by atoms with Gasteiger partial charge in [0.15, 0.2) is 0 Å². The van der Waals surface area contributed by atoms with Crippen LogP contribution in [0.4, 0.5) is 16.0 Å². The van der Waals surface area contributed by atoms with E-state index in [2.05, 4.69) is 20.7 Å². The second-order valence-corrected chi connectivity index (χ2v) is 9.75. The standard InChI is InChI=1S/C28H24FN5O3S/c1-16-7-3-6-10-22(16)31-25(35)23-17(2)30-27-32-28(38-15-20-8-4-5-9-21(20)29)33-34(27)24(23)18-11-13-19(14-12-18)26(36)37/h3-14,24H,15H2,1-2H3,(H,31,35)(H,36,37)(H,30,32,33). The van der Waals surface area contributed by atoms with Crippen LogP contribution in [0.15, 0.2) is 89.2 Å². The number of aromatic carboxylic acids is 1. The number of hydrogen-bond acceptors (Lipinski definition) is 6. The predicted octanol–water partition coefficient (Wildman–Crippen LogP) is 5.64. The number of rotatable bonds is 7. The van der Waals surface area contributed by atoms with E-state index in [-0.39, 0.29) is 17.3 Å². The van der Waals surface area contributed by atoms with Crippen molar-refractivity contribution in [3.8, 4) is 0 Å². The fourth-order valence-corrected chi connectivity index (χ4v) is 5.08. The molecule has 1 amide bonds. The minimum Gasteiger partial charge on any atom is -0.478 e. The van der Waals surface area contributed by atoms with Crippen LogP contribution >= 0.6 is 11.8 Å². The zero-order chi connectivity index (χ0) is 26.8. The van der Waals surface area contributed by atoms with Crippen LogP contribution in [0.2, 0.25) is 0 Å². The average molecular weight is 530 g/mol. The van der Waals surface area contributed by atoms with Gasteiger partial charge in [-0.1, -0.05) is 60.3 Å². The van der Waals surface area contributed by atoms with Crippen LogP contribution in [0.3, 0.4) is 0 Å². The number of carbonyl (C=O) groups excluding carboxylic acids is 1. The highest BCUT2D eigenvalue weighted by Gasteiger charge is 2.34. The monoisotopic (exact) mass is 529 g/mol. The molecule has 0 radical (unpaired) electrons. The number of anilines is 2. The Morgan fingerprint density at radius 3 is 2.47 bits per heavy atom. The van der Waals surface area contributed by atoms with Gasteiger partial charge in [-0.2, -0.15) is 4.98 Å². The highest BCUT2D eigenvalue weighted by atomic mass is 32.2. The molecule has 10 heteroatoms. The molecule has 192 valence electrons. The summed E-state index contributed by atoms with van der Waals surface area (Å²) in [4.78, 5) is 29.6. The third-order valence-corrected chi connectivity index (χ3v) is 7.15. The lowest BCUT2D eigenvalue weighted by atomic mass is 9.94. The maximum Gasteiger partial charge on any atom is 0.335 e. The molecule has 0 aliphatic carbocycles. The van der Waals surface area contributed by atoms with Crippen LogP contribution in [-0.2, 0) is 10.5 Å². The quantitative estimate of drug-likeness (QED) is 0.266. The van der Waals surface area contributed by atoms with Crippen LogP contribution < -0.4 is 10.6 Å². The molecule has 0 bridgehead atoms. The van der Waals surface area contributed by atoms with E-state index in [4.69, 9.17) is 0 Å². The van der Waals surface area contributed by atoms with Gasteiger partial charge in [0.1, 0.15) is 11.9 Å². The summed E-state index contributed by atoms with van der Waals surface area (Å²) < 4.78 is 15.7. The first-order valence-corrected chi connectivity index (χ1v) is 12.8. The van der Waals surface area contributed by atoms with Crippen molar-refractivity contribution in [2.45, 2.75) is 30.8 Å². The summed E-state index contributed by atoms with van der Waals surface area (Å²) in [7, 11) is 0. The maximum atomic E-state index is 14.1. The number of amides is 1. The zero-order valence-electron chi connectivity index (χ0n) is 20.6. The van der Waals surface area contributed by atoms with Gasteiger partial charge in [-0.3, -0.25) is 4.79 Å². The summed E-state index contributed by atoms with van der Waals surface area (Å²) in [6, 6.07) is 19.7. The number of aryl methyl sites for hydroxylation is 1. The number of nitrogens with one attached hydrogen (secondary N) is 2. The predicted molar refractivity (Wildman–Crippen MR) is 144 cm³/mol. The molecule has 3 N–H and O–H groups in total. The average Bonchev–Trinajstić information content (AvgIpc) is 3.31. The number of thioether (sulfide) groups is 1. The summed E-state index contributed by atoms with van der Waals surface area (Å²) in [6.07, 6.45) is 0. The number of carboxylic acid groups (broad SMARTS) is 1. The van der Waals surface area contributed by atoms with E-state index in [1.165, 1.54) is 30.0 Å². The van der Waals surface area contributed by atoms with Crippen LogP contribution in [0.1, 0.15) is 40.0 Å². The Kier molecular flexibility index (Phi) is 6.97. The molecule has 1 aliphatic rings. The van der Waals surface area contributed by atoms with Crippen molar-refractivity contribution in [1.29, 1.82) is 0 Å². The largest absolute Gasteiger partial charge is 0.478 e. The summed E-state index contributed by atoms with van der Waals surface area (Å²) in [6.45, 7) is 3.70. The van der Waals surface area contributed by atoms with Crippen molar-refractivity contribution >= 4 is 35.3 Å². The molecule has 1 unspecified atom stereocenters. The van der Waals surface area contributed by atoms with Gasteiger partial charge in [0.2, 0.25) is 11.1 Å². The van der Waals surface area contributed by atoms with Gasteiger partial charge in [-0.25, -0.2) is 13.9 Å². The minimum atomic E-state index is -1.04. The van der Waals surface area contributed by atoms with E-state index in [0.29, 0.717) is 44.9 Å². The van der Waals surface area contributed by atoms with Crippen molar-refractivity contribution < 1.29 is 19.1 Å². The zero-order valence-corrected chi connectivity index (χ0v) is 21.4. The van der Waals surface area contributed by atoms with Gasteiger partial charge >= 0.3 is 5.97 Å². The summed E-state index contributed by atoms with van der Waals surface area (Å²) in [5.74, 6) is -0.900. The van der Waals surface area contributed by atoms with Crippen molar-refractivity contribution in [2.24, 2.45) is 0 Å². The van der Waals surface area contributed by atoms with E-state index >= 15 is 0 Å². The number of halogens is 1. The van der Waals surface area contributed by atoms with Crippen molar-refractivity contribution in [3.63, 3.8) is 0 Å². The molecule has 0 saturated carbocycles. The number of aromatic nitrogens is 3. The SMILES string of the molecule is CC1=C(C(=O)Nc2ccccc2C)C(c2ccc(C(=O)O)cc2)n2nc(SCc3ccccc3F)nc2N1. The Bertz CT molecular complexity index is 1560. The fraction of sp³-hybridized carbons (Fsp3) is 0.143. The first-order valence-electron chi connectivity index (χ1n) is 11.8. The Morgan fingerprint density at radius 1 is 1.05 bits per heavy atom. The third kappa shape index (κ3) is 5.03. The molecular weight excluding hydrogens is 505 g/mol. The topological polar surface area (TPSA) is 109 Å². The fourth-order valence-electron chi connectivity index (χ4n) is 4.26. The molecule has 1 aliphatic heterocycles. The van der Waals surface area contributed by atoms with Gasteiger partial charge in [0, 0.05) is 17.1 Å². The number of para-hydroxylation sites is 1. The molecule has 0 fully saturated rings. The Labute approximate surface area is 222 Å². The van der Waals surface area contributed by atoms with Gasteiger partial charge in [-0.15, -0.1) is 5.10 Å². The van der Waals surface area contributed by atoms with E-state index in [0.717, 1.165) is 5.56 Å². The van der Waals surface area contributed by atoms with Crippen molar-refractivity contribution in [1.82, 2.24) is 14.8 Å². The number of carbonyl (C=O) groups is 2. The molecular formula is C28H24FN5O3S. The van der Waals surface area contributed by atoms with Gasteiger partial charge < -0.3 is 15.7 Å².